The first-order chi connectivity index (χ1) is 15.7. The van der Waals surface area contributed by atoms with E-state index in [2.05, 4.69) is 5.16 Å². The summed E-state index contributed by atoms with van der Waals surface area (Å²) in [5, 5.41) is 14.0. The second kappa shape index (κ2) is 8.77. The Balaban J connectivity index is 1.56. The van der Waals surface area contributed by atoms with E-state index in [0.717, 1.165) is 11.1 Å². The normalized spacial score (nSPS) is 19.2. The van der Waals surface area contributed by atoms with Gasteiger partial charge in [0.2, 0.25) is 5.60 Å². The van der Waals surface area contributed by atoms with Crippen LogP contribution in [0.5, 0.6) is 11.5 Å². The Hall–Kier alpha value is -3.55. The van der Waals surface area contributed by atoms with Crippen LogP contribution >= 0.6 is 0 Å². The molecule has 33 heavy (non-hydrogen) atoms. The van der Waals surface area contributed by atoms with Gasteiger partial charge in [0.15, 0.2) is 0 Å². The number of carboxylic acid groups (broad SMARTS) is 1. The van der Waals surface area contributed by atoms with Gasteiger partial charge in [0.1, 0.15) is 23.7 Å². The van der Waals surface area contributed by atoms with Crippen molar-refractivity contribution < 1.29 is 33.7 Å². The molecule has 2 aromatic rings. The summed E-state index contributed by atoms with van der Waals surface area (Å²) in [6.45, 7) is 6.06. The van der Waals surface area contributed by atoms with E-state index in [1.54, 1.807) is 20.8 Å². The number of hydrogen-bond donors (Lipinski definition) is 1. The summed E-state index contributed by atoms with van der Waals surface area (Å²) in [7, 11) is 0. The summed E-state index contributed by atoms with van der Waals surface area (Å²) >= 11 is 0. The monoisotopic (exact) mass is 453 g/mol. The van der Waals surface area contributed by atoms with Crippen LogP contribution < -0.4 is 9.47 Å². The van der Waals surface area contributed by atoms with E-state index in [1.807, 2.05) is 42.5 Å². The fourth-order valence-electron chi connectivity index (χ4n) is 3.87. The molecule has 0 aromatic heterocycles. The molecule has 0 amide bonds. The minimum atomic E-state index is -1.81. The molecule has 0 spiro atoms. The van der Waals surface area contributed by atoms with Crippen LogP contribution in [-0.2, 0) is 32.2 Å². The Kier molecular flexibility index (Phi) is 6.01. The molecule has 0 bridgehead atoms. The number of carbonyl (C=O) groups is 2. The first-order valence-electron chi connectivity index (χ1n) is 10.8. The van der Waals surface area contributed by atoms with Crippen LogP contribution in [0.3, 0.4) is 0 Å². The molecular weight excluding hydrogens is 426 g/mol. The summed E-state index contributed by atoms with van der Waals surface area (Å²) in [5.74, 6) is -0.665. The van der Waals surface area contributed by atoms with E-state index >= 15 is 0 Å². The average Bonchev–Trinajstić information content (AvgIpc) is 3.39. The number of carboxylic acids is 1. The molecule has 1 atom stereocenters. The average molecular weight is 453 g/mol. The zero-order valence-electron chi connectivity index (χ0n) is 18.9. The van der Waals surface area contributed by atoms with Gasteiger partial charge in [-0.25, -0.2) is 4.79 Å². The molecule has 2 heterocycles. The maximum Gasteiger partial charge on any atom is 0.351 e. The number of carbonyl (C=O) groups excluding carboxylic acids is 1. The molecule has 4 rings (SSSR count). The lowest BCUT2D eigenvalue weighted by molar-refractivity contribution is -0.175. The number of fused-ring (bicyclic) bond motifs is 1. The van der Waals surface area contributed by atoms with Gasteiger partial charge in [-0.3, -0.25) is 4.79 Å². The summed E-state index contributed by atoms with van der Waals surface area (Å²) in [6.07, 6.45) is 0.139. The van der Waals surface area contributed by atoms with Gasteiger partial charge in [0.05, 0.1) is 18.7 Å². The van der Waals surface area contributed by atoms with Crippen molar-refractivity contribution >= 4 is 17.7 Å². The highest BCUT2D eigenvalue weighted by molar-refractivity contribution is 6.07. The molecule has 0 fully saturated rings. The van der Waals surface area contributed by atoms with Crippen LogP contribution in [0, 0.1) is 0 Å². The van der Waals surface area contributed by atoms with Crippen molar-refractivity contribution in [2.75, 3.05) is 6.61 Å². The van der Waals surface area contributed by atoms with Gasteiger partial charge in [-0.05, 0) is 32.4 Å². The fourth-order valence-corrected chi connectivity index (χ4v) is 3.87. The predicted molar refractivity (Wildman–Crippen MR) is 119 cm³/mol. The summed E-state index contributed by atoms with van der Waals surface area (Å²) in [4.78, 5) is 29.9. The molecule has 2 aromatic carbocycles. The van der Waals surface area contributed by atoms with Crippen LogP contribution in [0.15, 0.2) is 47.6 Å². The molecule has 2 aliphatic rings. The summed E-state index contributed by atoms with van der Waals surface area (Å²) < 4.78 is 17.0. The van der Waals surface area contributed by atoms with Crippen LogP contribution in [0.25, 0.3) is 0 Å². The summed E-state index contributed by atoms with van der Waals surface area (Å²) in [6, 6.07) is 13.4. The standard InChI is InChI=1S/C25H27NO7/c1-24(2,3)32-22(27)14-25(23(28)29)13-20(26-33-25)19-11-17(12-21-18(19)9-10-30-21)31-15-16-7-5-4-6-8-16/h4-8,11-12H,9-10,13-15H2,1-3H3,(H,28,29). The number of ether oxygens (including phenoxy) is 3. The molecule has 0 aliphatic carbocycles. The fraction of sp³-hybridized carbons (Fsp3) is 0.400. The van der Waals surface area contributed by atoms with Gasteiger partial charge in [-0.2, -0.15) is 0 Å². The quantitative estimate of drug-likeness (QED) is 0.635. The topological polar surface area (TPSA) is 104 Å². The van der Waals surface area contributed by atoms with Crippen molar-refractivity contribution in [1.29, 1.82) is 0 Å². The molecule has 8 nitrogen and oxygen atoms in total. The first kappa shape index (κ1) is 22.6. The number of rotatable bonds is 7. The van der Waals surface area contributed by atoms with E-state index in [-0.39, 0.29) is 6.42 Å². The van der Waals surface area contributed by atoms with Crippen molar-refractivity contribution in [3.05, 3.63) is 59.2 Å². The van der Waals surface area contributed by atoms with Gasteiger partial charge in [0, 0.05) is 30.0 Å². The number of aliphatic carboxylic acids is 1. The minimum absolute atomic E-state index is 0.0733. The summed E-state index contributed by atoms with van der Waals surface area (Å²) in [5.41, 5.74) is 0.535. The van der Waals surface area contributed by atoms with E-state index < -0.39 is 29.6 Å². The van der Waals surface area contributed by atoms with Crippen LogP contribution in [0.1, 0.15) is 50.3 Å². The molecule has 2 aliphatic heterocycles. The maximum absolute atomic E-state index is 12.4. The minimum Gasteiger partial charge on any atom is -0.493 e. The highest BCUT2D eigenvalue weighted by atomic mass is 16.7. The predicted octanol–water partition coefficient (Wildman–Crippen LogP) is 3.88. The lowest BCUT2D eigenvalue weighted by Gasteiger charge is -2.24. The van der Waals surface area contributed by atoms with Gasteiger partial charge < -0.3 is 24.2 Å². The Morgan fingerprint density at radius 2 is 1.94 bits per heavy atom. The second-order valence-electron chi connectivity index (χ2n) is 9.19. The largest absolute Gasteiger partial charge is 0.493 e. The van der Waals surface area contributed by atoms with Crippen molar-refractivity contribution in [1.82, 2.24) is 0 Å². The third-order valence-corrected chi connectivity index (χ3v) is 5.37. The third kappa shape index (κ3) is 5.10. The smallest absolute Gasteiger partial charge is 0.351 e. The number of nitrogens with zero attached hydrogens (tertiary/aromatic N) is 1. The van der Waals surface area contributed by atoms with Crippen molar-refractivity contribution in [2.45, 2.75) is 57.8 Å². The second-order valence-corrected chi connectivity index (χ2v) is 9.19. The molecule has 1 N–H and O–H groups in total. The molecule has 0 saturated carbocycles. The van der Waals surface area contributed by atoms with E-state index in [4.69, 9.17) is 19.0 Å². The zero-order valence-corrected chi connectivity index (χ0v) is 18.9. The van der Waals surface area contributed by atoms with Crippen molar-refractivity contribution in [2.24, 2.45) is 5.16 Å². The SMILES string of the molecule is CC(C)(C)OC(=O)CC1(C(=O)O)CC(c2cc(OCc3ccccc3)cc3c2CCO3)=NO1. The highest BCUT2D eigenvalue weighted by Gasteiger charge is 2.50. The van der Waals surface area contributed by atoms with Crippen LogP contribution in [0.2, 0.25) is 0 Å². The van der Waals surface area contributed by atoms with Crippen LogP contribution in [0.4, 0.5) is 0 Å². The Labute approximate surface area is 192 Å². The molecular formula is C25H27NO7. The molecule has 8 heteroatoms. The van der Waals surface area contributed by atoms with Gasteiger partial charge in [-0.15, -0.1) is 0 Å². The number of esters is 1. The molecule has 0 saturated heterocycles. The number of oxime groups is 1. The third-order valence-electron chi connectivity index (χ3n) is 5.37. The molecule has 174 valence electrons. The van der Waals surface area contributed by atoms with Crippen molar-refractivity contribution in [3.8, 4) is 11.5 Å². The molecule has 0 radical (unpaired) electrons. The Morgan fingerprint density at radius 1 is 1.18 bits per heavy atom. The number of hydrogen-bond acceptors (Lipinski definition) is 7. The Bertz CT molecular complexity index is 1090. The van der Waals surface area contributed by atoms with E-state index in [9.17, 15) is 14.7 Å². The lowest BCUT2D eigenvalue weighted by atomic mass is 9.89. The van der Waals surface area contributed by atoms with E-state index in [1.165, 1.54) is 0 Å². The Morgan fingerprint density at radius 3 is 2.64 bits per heavy atom. The van der Waals surface area contributed by atoms with Crippen molar-refractivity contribution in [3.63, 3.8) is 0 Å². The van der Waals surface area contributed by atoms with Gasteiger partial charge in [0.25, 0.3) is 0 Å². The van der Waals surface area contributed by atoms with Gasteiger partial charge >= 0.3 is 11.9 Å². The van der Waals surface area contributed by atoms with Crippen LogP contribution in [-0.4, -0.2) is 40.6 Å². The van der Waals surface area contributed by atoms with Gasteiger partial charge in [-0.1, -0.05) is 35.5 Å². The first-order valence-corrected chi connectivity index (χ1v) is 10.8. The van der Waals surface area contributed by atoms with E-state index in [0.29, 0.717) is 42.4 Å². The highest BCUT2D eigenvalue weighted by Crippen LogP contribution is 2.38. The number of benzene rings is 2. The zero-order chi connectivity index (χ0) is 23.6. The lowest BCUT2D eigenvalue weighted by Crippen LogP contribution is -2.42. The maximum atomic E-state index is 12.4. The molecule has 1 unspecified atom stereocenters.